The van der Waals surface area contributed by atoms with Crippen LogP contribution in [-0.4, -0.2) is 11.1 Å². The monoisotopic (exact) mass is 232 g/mol. The zero-order chi connectivity index (χ0) is 11.4. The maximum absolute atomic E-state index is 10.5. The van der Waals surface area contributed by atoms with Gasteiger partial charge in [0.05, 0.1) is 10.6 Å². The molecule has 0 bridgehead atoms. The summed E-state index contributed by atoms with van der Waals surface area (Å²) >= 11 is 1.57. The largest absolute Gasteiger partial charge is 0.271 e. The highest BCUT2D eigenvalue weighted by Gasteiger charge is 2.04. The van der Waals surface area contributed by atoms with Crippen molar-refractivity contribution in [1.29, 1.82) is 0 Å². The number of hydrogen-bond donors (Lipinski definition) is 0. The maximum Gasteiger partial charge on any atom is 0.271 e. The summed E-state index contributed by atoms with van der Waals surface area (Å²) in [4.78, 5) is 15.3. The molecule has 0 saturated heterocycles. The van der Waals surface area contributed by atoms with Crippen molar-refractivity contribution < 1.29 is 4.92 Å². The van der Waals surface area contributed by atoms with E-state index >= 15 is 0 Å². The number of aliphatic imine (C=N–C) groups is 1. The lowest BCUT2D eigenvalue weighted by Gasteiger charge is -1.93. The molecule has 4 nitrogen and oxygen atoms in total. The number of rotatable bonds is 3. The molecule has 0 spiro atoms. The van der Waals surface area contributed by atoms with E-state index in [1.165, 1.54) is 12.1 Å². The van der Waals surface area contributed by atoms with Crippen molar-refractivity contribution >= 4 is 28.9 Å². The highest BCUT2D eigenvalue weighted by atomic mass is 32.1. The Balaban J connectivity index is 2.22. The van der Waals surface area contributed by atoms with Crippen LogP contribution in [0.1, 0.15) is 4.88 Å². The lowest BCUT2D eigenvalue weighted by atomic mass is 10.3. The van der Waals surface area contributed by atoms with Gasteiger partial charge in [0.25, 0.3) is 5.69 Å². The van der Waals surface area contributed by atoms with Crippen molar-refractivity contribution in [2.24, 2.45) is 4.99 Å². The van der Waals surface area contributed by atoms with E-state index in [0.29, 0.717) is 5.69 Å². The van der Waals surface area contributed by atoms with Crippen LogP contribution in [0.2, 0.25) is 0 Å². The molecule has 2 aromatic rings. The Bertz CT molecular complexity index is 521. The topological polar surface area (TPSA) is 55.5 Å². The van der Waals surface area contributed by atoms with Crippen molar-refractivity contribution in [3.05, 3.63) is 56.8 Å². The van der Waals surface area contributed by atoms with E-state index in [0.717, 1.165) is 4.88 Å². The van der Waals surface area contributed by atoms with Crippen LogP contribution in [0.25, 0.3) is 0 Å². The van der Waals surface area contributed by atoms with Crippen LogP contribution in [0.5, 0.6) is 0 Å². The average Bonchev–Trinajstić information content (AvgIpc) is 2.79. The van der Waals surface area contributed by atoms with E-state index in [-0.39, 0.29) is 5.69 Å². The van der Waals surface area contributed by atoms with Gasteiger partial charge in [0.2, 0.25) is 0 Å². The fourth-order valence-electron chi connectivity index (χ4n) is 1.19. The summed E-state index contributed by atoms with van der Waals surface area (Å²) in [5, 5.41) is 12.5. The summed E-state index contributed by atoms with van der Waals surface area (Å²) < 4.78 is 0. The summed E-state index contributed by atoms with van der Waals surface area (Å²) in [5.41, 5.74) is 0.642. The third-order valence-electron chi connectivity index (χ3n) is 1.92. The van der Waals surface area contributed by atoms with Crippen LogP contribution in [0.15, 0.2) is 46.8 Å². The summed E-state index contributed by atoms with van der Waals surface area (Å²) in [6.45, 7) is 0. The third kappa shape index (κ3) is 2.52. The second-order valence-corrected chi connectivity index (χ2v) is 4.03. The predicted octanol–water partition coefficient (Wildman–Crippen LogP) is 3.41. The molecule has 0 aliphatic heterocycles. The van der Waals surface area contributed by atoms with E-state index in [2.05, 4.69) is 4.99 Å². The Morgan fingerprint density at radius 2 is 2.19 bits per heavy atom. The maximum atomic E-state index is 10.5. The zero-order valence-corrected chi connectivity index (χ0v) is 9.05. The van der Waals surface area contributed by atoms with Crippen molar-refractivity contribution in [3.63, 3.8) is 0 Å². The molecular weight excluding hydrogens is 224 g/mol. The molecule has 5 heteroatoms. The standard InChI is InChI=1S/C11H8N2O2S/c14-13(15)10-4-1-3-9(7-10)12-8-11-5-2-6-16-11/h1-8H. The molecule has 0 aliphatic carbocycles. The number of thiophene rings is 1. The predicted molar refractivity (Wildman–Crippen MR) is 64.7 cm³/mol. The molecular formula is C11H8N2O2S. The molecule has 0 N–H and O–H groups in total. The van der Waals surface area contributed by atoms with Gasteiger partial charge in [-0.3, -0.25) is 15.1 Å². The van der Waals surface area contributed by atoms with Gasteiger partial charge in [-0.1, -0.05) is 12.1 Å². The van der Waals surface area contributed by atoms with Crippen LogP contribution in [0, 0.1) is 10.1 Å². The molecule has 0 atom stereocenters. The lowest BCUT2D eigenvalue weighted by molar-refractivity contribution is -0.384. The van der Waals surface area contributed by atoms with Gasteiger partial charge in [-0.15, -0.1) is 11.3 Å². The minimum Gasteiger partial charge on any atom is -0.258 e. The molecule has 0 radical (unpaired) electrons. The second kappa shape index (κ2) is 4.67. The quantitative estimate of drug-likeness (QED) is 0.462. The smallest absolute Gasteiger partial charge is 0.258 e. The Kier molecular flexibility index (Phi) is 3.07. The first-order valence-electron chi connectivity index (χ1n) is 4.58. The number of nitro groups is 1. The van der Waals surface area contributed by atoms with Gasteiger partial charge < -0.3 is 0 Å². The Morgan fingerprint density at radius 3 is 2.88 bits per heavy atom. The number of non-ortho nitro benzene ring substituents is 1. The SMILES string of the molecule is O=[N+]([O-])c1cccc(N=Cc2cccs2)c1. The molecule has 1 heterocycles. The average molecular weight is 232 g/mol. The first-order valence-corrected chi connectivity index (χ1v) is 5.46. The molecule has 0 unspecified atom stereocenters. The molecule has 0 aliphatic rings. The second-order valence-electron chi connectivity index (χ2n) is 3.05. The summed E-state index contributed by atoms with van der Waals surface area (Å²) in [7, 11) is 0. The summed E-state index contributed by atoms with van der Waals surface area (Å²) in [6.07, 6.45) is 1.70. The number of benzene rings is 1. The number of nitro benzene ring substituents is 1. The van der Waals surface area contributed by atoms with Gasteiger partial charge in [-0.25, -0.2) is 0 Å². The van der Waals surface area contributed by atoms with Crippen LogP contribution in [0.4, 0.5) is 11.4 Å². The normalized spacial score (nSPS) is 10.8. The van der Waals surface area contributed by atoms with E-state index in [1.54, 1.807) is 29.7 Å². The van der Waals surface area contributed by atoms with Crippen molar-refractivity contribution in [1.82, 2.24) is 0 Å². The molecule has 2 rings (SSSR count). The molecule has 0 fully saturated rings. The molecule has 1 aromatic carbocycles. The van der Waals surface area contributed by atoms with Crippen LogP contribution < -0.4 is 0 Å². The first kappa shape index (κ1) is 10.5. The fourth-order valence-corrected chi connectivity index (χ4v) is 1.77. The first-order chi connectivity index (χ1) is 7.75. The molecule has 16 heavy (non-hydrogen) atoms. The Hall–Kier alpha value is -2.01. The highest BCUT2D eigenvalue weighted by Crippen LogP contribution is 2.19. The fraction of sp³-hybridized carbons (Fsp3) is 0. The highest BCUT2D eigenvalue weighted by molar-refractivity contribution is 7.11. The van der Waals surface area contributed by atoms with Gasteiger partial charge in [0, 0.05) is 23.2 Å². The van der Waals surface area contributed by atoms with Crippen LogP contribution >= 0.6 is 11.3 Å². The minimum atomic E-state index is -0.426. The van der Waals surface area contributed by atoms with E-state index < -0.39 is 4.92 Å². The lowest BCUT2D eigenvalue weighted by Crippen LogP contribution is -1.86. The minimum absolute atomic E-state index is 0.0563. The van der Waals surface area contributed by atoms with Crippen LogP contribution in [0.3, 0.4) is 0 Å². The molecule has 0 amide bonds. The van der Waals surface area contributed by atoms with Crippen LogP contribution in [-0.2, 0) is 0 Å². The van der Waals surface area contributed by atoms with Crippen molar-refractivity contribution in [2.45, 2.75) is 0 Å². The van der Waals surface area contributed by atoms with Crippen molar-refractivity contribution in [2.75, 3.05) is 0 Å². The molecule has 80 valence electrons. The van der Waals surface area contributed by atoms with E-state index in [1.807, 2.05) is 17.5 Å². The molecule has 1 aromatic heterocycles. The molecule has 0 saturated carbocycles. The Morgan fingerprint density at radius 1 is 1.31 bits per heavy atom. The van der Waals surface area contributed by atoms with Gasteiger partial charge in [0.15, 0.2) is 0 Å². The summed E-state index contributed by atoms with van der Waals surface area (Å²) in [6, 6.07) is 10.1. The Labute approximate surface area is 96.0 Å². The van der Waals surface area contributed by atoms with E-state index in [4.69, 9.17) is 0 Å². The van der Waals surface area contributed by atoms with Gasteiger partial charge in [-0.05, 0) is 17.5 Å². The number of nitrogens with zero attached hydrogens (tertiary/aromatic N) is 2. The zero-order valence-electron chi connectivity index (χ0n) is 8.24. The van der Waals surface area contributed by atoms with Gasteiger partial charge >= 0.3 is 0 Å². The van der Waals surface area contributed by atoms with Gasteiger partial charge in [0.1, 0.15) is 0 Å². The van der Waals surface area contributed by atoms with Gasteiger partial charge in [-0.2, -0.15) is 0 Å². The summed E-state index contributed by atoms with van der Waals surface area (Å²) in [5.74, 6) is 0. The van der Waals surface area contributed by atoms with Crippen molar-refractivity contribution in [3.8, 4) is 0 Å². The number of hydrogen-bond acceptors (Lipinski definition) is 4. The van der Waals surface area contributed by atoms with E-state index in [9.17, 15) is 10.1 Å². The third-order valence-corrected chi connectivity index (χ3v) is 2.73.